The Hall–Kier alpha value is -3.92. The first-order valence-corrected chi connectivity index (χ1v) is 10.5. The lowest BCUT2D eigenvalue weighted by Crippen LogP contribution is -2.41. The molecule has 0 amide bonds. The van der Waals surface area contributed by atoms with E-state index >= 15 is 0 Å². The third kappa shape index (κ3) is 4.72. The summed E-state index contributed by atoms with van der Waals surface area (Å²) in [6.07, 6.45) is 0. The van der Waals surface area contributed by atoms with Crippen LogP contribution in [0, 0.1) is 0 Å². The van der Waals surface area contributed by atoms with Crippen molar-refractivity contribution in [3.05, 3.63) is 73.4 Å². The molecule has 0 aliphatic carbocycles. The van der Waals surface area contributed by atoms with Gasteiger partial charge in [-0.25, -0.2) is 4.79 Å². The van der Waals surface area contributed by atoms with E-state index in [0.717, 1.165) is 9.13 Å². The highest BCUT2D eigenvalue weighted by atomic mass is 35.5. The molecule has 10 nitrogen and oxygen atoms in total. The number of aromatic nitrogens is 2. The molecule has 0 aliphatic rings. The van der Waals surface area contributed by atoms with Crippen molar-refractivity contribution in [1.29, 1.82) is 0 Å². The molecule has 0 radical (unpaired) electrons. The highest BCUT2D eigenvalue weighted by molar-refractivity contribution is 6.34. The Kier molecular flexibility index (Phi) is 7.52. The van der Waals surface area contributed by atoms with Gasteiger partial charge in [-0.1, -0.05) is 23.7 Å². The zero-order chi connectivity index (χ0) is 25.0. The van der Waals surface area contributed by atoms with E-state index in [1.165, 1.54) is 35.4 Å². The van der Waals surface area contributed by atoms with Gasteiger partial charge in [-0.2, -0.15) is 0 Å². The molecule has 0 bridgehead atoms. The van der Waals surface area contributed by atoms with Crippen LogP contribution in [0.1, 0.15) is 11.1 Å². The predicted molar refractivity (Wildman–Crippen MR) is 130 cm³/mol. The Morgan fingerprint density at radius 2 is 1.65 bits per heavy atom. The smallest absolute Gasteiger partial charge is 0.333 e. The highest BCUT2D eigenvalue weighted by Gasteiger charge is 2.21. The van der Waals surface area contributed by atoms with Gasteiger partial charge in [0.15, 0.2) is 11.5 Å². The molecule has 34 heavy (non-hydrogen) atoms. The number of anilines is 1. The Morgan fingerprint density at radius 3 is 2.21 bits per heavy atom. The quantitative estimate of drug-likeness (QED) is 0.387. The molecule has 0 saturated carbocycles. The first kappa shape index (κ1) is 24.7. The first-order chi connectivity index (χ1) is 16.2. The van der Waals surface area contributed by atoms with Crippen LogP contribution in [0.2, 0.25) is 5.02 Å². The van der Waals surface area contributed by atoms with E-state index in [2.05, 4.69) is 10.3 Å². The molecular formula is C23H25ClN4O6. The highest BCUT2D eigenvalue weighted by Crippen LogP contribution is 2.38. The SMILES string of the molecule is COc1cc(CN=C(Nc2ccccc2Cl)c2c(O)n(C)c(=O)n(C)c2=O)cc(OC)c1OC. The fraction of sp³-hybridized carbons (Fsp3) is 0.261. The standard InChI is InChI=1S/C23H25ClN4O6/c1-27-21(29)18(22(30)28(2)23(27)31)20(26-15-9-7-6-8-14(15)24)25-12-13-10-16(32-3)19(34-5)17(11-13)33-4/h6-11,29H,12H2,1-5H3,(H,25,26). The fourth-order valence-corrected chi connectivity index (χ4v) is 3.49. The molecule has 2 N–H and O–H groups in total. The first-order valence-electron chi connectivity index (χ1n) is 10.1. The minimum Gasteiger partial charge on any atom is -0.494 e. The number of nitrogens with one attached hydrogen (secondary N) is 1. The van der Waals surface area contributed by atoms with E-state index in [1.54, 1.807) is 36.4 Å². The van der Waals surface area contributed by atoms with Crippen LogP contribution in [0.3, 0.4) is 0 Å². The summed E-state index contributed by atoms with van der Waals surface area (Å²) in [5.41, 5.74) is -0.439. The van der Waals surface area contributed by atoms with Gasteiger partial charge in [0.1, 0.15) is 11.4 Å². The second kappa shape index (κ2) is 10.3. The molecule has 0 aliphatic heterocycles. The molecule has 0 fully saturated rings. The number of ether oxygens (including phenoxy) is 3. The van der Waals surface area contributed by atoms with Crippen LogP contribution in [-0.4, -0.2) is 41.4 Å². The molecule has 3 rings (SSSR count). The van der Waals surface area contributed by atoms with Crippen LogP contribution in [0.25, 0.3) is 0 Å². The maximum atomic E-state index is 13.0. The third-order valence-corrected chi connectivity index (χ3v) is 5.47. The molecule has 1 heterocycles. The van der Waals surface area contributed by atoms with Crippen molar-refractivity contribution in [3.8, 4) is 23.1 Å². The minimum absolute atomic E-state index is 0.0237. The van der Waals surface area contributed by atoms with E-state index in [0.29, 0.717) is 33.5 Å². The number of hydrogen-bond acceptors (Lipinski definition) is 7. The van der Waals surface area contributed by atoms with E-state index in [-0.39, 0.29) is 17.9 Å². The van der Waals surface area contributed by atoms with Crippen molar-refractivity contribution in [3.63, 3.8) is 0 Å². The molecule has 0 atom stereocenters. The summed E-state index contributed by atoms with van der Waals surface area (Å²) in [4.78, 5) is 29.7. The van der Waals surface area contributed by atoms with Crippen molar-refractivity contribution < 1.29 is 19.3 Å². The molecule has 0 spiro atoms. The van der Waals surface area contributed by atoms with E-state index in [9.17, 15) is 14.7 Å². The van der Waals surface area contributed by atoms with Gasteiger partial charge < -0.3 is 24.6 Å². The van der Waals surface area contributed by atoms with Crippen molar-refractivity contribution >= 4 is 23.1 Å². The average Bonchev–Trinajstić information content (AvgIpc) is 2.85. The molecule has 180 valence electrons. The number of nitrogens with zero attached hydrogens (tertiary/aromatic N) is 3. The van der Waals surface area contributed by atoms with E-state index in [1.807, 2.05) is 0 Å². The lowest BCUT2D eigenvalue weighted by molar-refractivity contribution is 0.324. The monoisotopic (exact) mass is 488 g/mol. The normalized spacial score (nSPS) is 11.3. The second-order valence-corrected chi connectivity index (χ2v) is 7.61. The lowest BCUT2D eigenvalue weighted by Gasteiger charge is -2.16. The van der Waals surface area contributed by atoms with Gasteiger partial charge in [0.05, 0.1) is 38.6 Å². The largest absolute Gasteiger partial charge is 0.494 e. The average molecular weight is 489 g/mol. The van der Waals surface area contributed by atoms with Gasteiger partial charge in [0.25, 0.3) is 5.56 Å². The zero-order valence-electron chi connectivity index (χ0n) is 19.4. The summed E-state index contributed by atoms with van der Waals surface area (Å²) in [6, 6.07) is 10.3. The summed E-state index contributed by atoms with van der Waals surface area (Å²) < 4.78 is 18.0. The van der Waals surface area contributed by atoms with E-state index in [4.69, 9.17) is 25.8 Å². The number of hydrogen-bond donors (Lipinski definition) is 2. The summed E-state index contributed by atoms with van der Waals surface area (Å²) >= 11 is 6.29. The number of para-hydroxylation sites is 1. The Labute approximate surface area is 200 Å². The number of halogens is 1. The van der Waals surface area contributed by atoms with Crippen molar-refractivity contribution in [2.75, 3.05) is 26.6 Å². The van der Waals surface area contributed by atoms with Gasteiger partial charge >= 0.3 is 5.69 Å². The fourth-order valence-electron chi connectivity index (χ4n) is 3.31. The van der Waals surface area contributed by atoms with Crippen LogP contribution >= 0.6 is 11.6 Å². The van der Waals surface area contributed by atoms with Crippen LogP contribution in [0.4, 0.5) is 5.69 Å². The molecule has 1 aromatic heterocycles. The number of methoxy groups -OCH3 is 3. The summed E-state index contributed by atoms with van der Waals surface area (Å²) in [5.74, 6) is 0.797. The maximum Gasteiger partial charge on any atom is 0.333 e. The van der Waals surface area contributed by atoms with Gasteiger partial charge in [-0.05, 0) is 29.8 Å². The summed E-state index contributed by atoms with van der Waals surface area (Å²) in [7, 11) is 7.18. The van der Waals surface area contributed by atoms with Gasteiger partial charge in [-0.3, -0.25) is 18.9 Å². The topological polar surface area (TPSA) is 116 Å². The molecule has 0 unspecified atom stereocenters. The van der Waals surface area contributed by atoms with Gasteiger partial charge in [0, 0.05) is 14.1 Å². The minimum atomic E-state index is -0.719. The Balaban J connectivity index is 2.18. The van der Waals surface area contributed by atoms with Crippen LogP contribution in [0.15, 0.2) is 51.0 Å². The number of amidine groups is 1. The summed E-state index contributed by atoms with van der Waals surface area (Å²) in [6.45, 7) is 0.0644. The number of rotatable bonds is 7. The van der Waals surface area contributed by atoms with E-state index < -0.39 is 17.1 Å². The van der Waals surface area contributed by atoms with Crippen LogP contribution < -0.4 is 30.8 Å². The molecule has 0 saturated heterocycles. The number of aliphatic imine (C=N–C) groups is 1. The Bertz CT molecular complexity index is 1340. The molecule has 3 aromatic rings. The lowest BCUT2D eigenvalue weighted by atomic mass is 10.1. The third-order valence-electron chi connectivity index (χ3n) is 5.14. The number of benzene rings is 2. The Morgan fingerprint density at radius 1 is 1.03 bits per heavy atom. The molecule has 11 heteroatoms. The van der Waals surface area contributed by atoms with Crippen molar-refractivity contribution in [2.45, 2.75) is 6.54 Å². The molecular weight excluding hydrogens is 464 g/mol. The van der Waals surface area contributed by atoms with Crippen LogP contribution in [-0.2, 0) is 20.6 Å². The van der Waals surface area contributed by atoms with Gasteiger partial charge in [0.2, 0.25) is 11.6 Å². The summed E-state index contributed by atoms with van der Waals surface area (Å²) in [5, 5.41) is 14.1. The van der Waals surface area contributed by atoms with Crippen LogP contribution in [0.5, 0.6) is 23.1 Å². The maximum absolute atomic E-state index is 13.0. The van der Waals surface area contributed by atoms with Crippen molar-refractivity contribution in [1.82, 2.24) is 9.13 Å². The predicted octanol–water partition coefficient (Wildman–Crippen LogP) is 2.53. The molecule has 2 aromatic carbocycles. The van der Waals surface area contributed by atoms with Gasteiger partial charge in [-0.15, -0.1) is 0 Å². The zero-order valence-corrected chi connectivity index (χ0v) is 20.1. The number of aromatic hydroxyl groups is 1. The second-order valence-electron chi connectivity index (χ2n) is 7.21. The van der Waals surface area contributed by atoms with Crippen molar-refractivity contribution in [2.24, 2.45) is 19.1 Å².